The van der Waals surface area contributed by atoms with Gasteiger partial charge in [0, 0.05) is 0 Å². The molecule has 0 aromatic heterocycles. The Bertz CT molecular complexity index is 381. The molecule has 0 saturated carbocycles. The van der Waals surface area contributed by atoms with Crippen molar-refractivity contribution in [1.29, 1.82) is 0 Å². The van der Waals surface area contributed by atoms with E-state index < -0.39 is 18.4 Å². The SMILES string of the molecule is [CH3][Sn]([CH3])([CH3])[c]1ccc(F)cc1C1OCCO1. The number of hydrogen-bond acceptors (Lipinski definition) is 2. The van der Waals surface area contributed by atoms with Crippen LogP contribution in [0.5, 0.6) is 0 Å². The molecule has 0 radical (unpaired) electrons. The van der Waals surface area contributed by atoms with Crippen LogP contribution in [0.25, 0.3) is 0 Å². The zero-order chi connectivity index (χ0) is 11.8. The van der Waals surface area contributed by atoms with Gasteiger partial charge in [-0.05, 0) is 0 Å². The van der Waals surface area contributed by atoms with Crippen molar-refractivity contribution in [2.45, 2.75) is 21.1 Å². The van der Waals surface area contributed by atoms with Gasteiger partial charge in [0.1, 0.15) is 0 Å². The fourth-order valence-corrected chi connectivity index (χ4v) is 6.63. The molecule has 0 bridgehead atoms. The van der Waals surface area contributed by atoms with Crippen molar-refractivity contribution in [3.8, 4) is 0 Å². The molecule has 1 saturated heterocycles. The van der Waals surface area contributed by atoms with E-state index in [0.717, 1.165) is 5.56 Å². The van der Waals surface area contributed by atoms with Crippen molar-refractivity contribution in [3.63, 3.8) is 0 Å². The number of benzene rings is 1. The van der Waals surface area contributed by atoms with Crippen LogP contribution in [0.1, 0.15) is 11.9 Å². The molecular formula is C12H17FO2Sn. The number of ether oxygens (including phenoxy) is 2. The Morgan fingerprint density at radius 1 is 1.19 bits per heavy atom. The number of hydrogen-bond donors (Lipinski definition) is 0. The molecule has 1 aliphatic heterocycles. The minimum absolute atomic E-state index is 0.214. The summed E-state index contributed by atoms with van der Waals surface area (Å²) in [5, 5.41) is 0. The standard InChI is InChI=1S/C9H8FO2.3CH3.Sn/c10-8-3-1-2-7(6-8)9-11-4-5-12-9;;;;/h1,3,6,9H,4-5H2;3*1H3;. The first-order chi connectivity index (χ1) is 7.48. The van der Waals surface area contributed by atoms with Crippen molar-refractivity contribution in [2.75, 3.05) is 13.2 Å². The molecule has 1 aromatic rings. The summed E-state index contributed by atoms with van der Waals surface area (Å²) in [5.41, 5.74) is 0.904. The molecule has 2 rings (SSSR count). The van der Waals surface area contributed by atoms with Crippen LogP contribution in [0.4, 0.5) is 4.39 Å². The topological polar surface area (TPSA) is 18.5 Å². The third-order valence-corrected chi connectivity index (χ3v) is 8.61. The third kappa shape index (κ3) is 2.57. The maximum absolute atomic E-state index is 13.3. The average Bonchev–Trinajstić information content (AvgIpc) is 2.68. The van der Waals surface area contributed by atoms with Crippen molar-refractivity contribution in [1.82, 2.24) is 0 Å². The van der Waals surface area contributed by atoms with Crippen LogP contribution >= 0.6 is 0 Å². The molecule has 0 amide bonds. The summed E-state index contributed by atoms with van der Waals surface area (Å²) in [7, 11) is 0. The summed E-state index contributed by atoms with van der Waals surface area (Å²) in [6.45, 7) is 1.20. The van der Waals surface area contributed by atoms with E-state index in [9.17, 15) is 4.39 Å². The van der Waals surface area contributed by atoms with Gasteiger partial charge < -0.3 is 0 Å². The van der Waals surface area contributed by atoms with Crippen LogP contribution in [0, 0.1) is 5.82 Å². The molecular weight excluding hydrogens is 314 g/mol. The van der Waals surface area contributed by atoms with E-state index in [1.165, 1.54) is 9.65 Å². The van der Waals surface area contributed by atoms with E-state index in [1.54, 1.807) is 6.07 Å². The second-order valence-corrected chi connectivity index (χ2v) is 19.4. The molecule has 88 valence electrons. The second kappa shape index (κ2) is 4.62. The first kappa shape index (κ1) is 12.3. The molecule has 0 N–H and O–H groups in total. The van der Waals surface area contributed by atoms with Gasteiger partial charge in [0.2, 0.25) is 0 Å². The Balaban J connectivity index is 2.43. The fraction of sp³-hybridized carbons (Fsp3) is 0.500. The van der Waals surface area contributed by atoms with Crippen molar-refractivity contribution in [2.24, 2.45) is 0 Å². The van der Waals surface area contributed by atoms with E-state index in [-0.39, 0.29) is 12.1 Å². The van der Waals surface area contributed by atoms with Gasteiger partial charge >= 0.3 is 99.7 Å². The summed E-state index contributed by atoms with van der Waals surface area (Å²) in [6.07, 6.45) is -0.360. The first-order valence-electron chi connectivity index (χ1n) is 5.51. The zero-order valence-electron chi connectivity index (χ0n) is 9.92. The van der Waals surface area contributed by atoms with E-state index >= 15 is 0 Å². The van der Waals surface area contributed by atoms with Gasteiger partial charge in [0.25, 0.3) is 0 Å². The summed E-state index contributed by atoms with van der Waals surface area (Å²) in [6, 6.07) is 5.01. The van der Waals surface area contributed by atoms with Crippen LogP contribution in [0.3, 0.4) is 0 Å². The van der Waals surface area contributed by atoms with Gasteiger partial charge in [-0.1, -0.05) is 0 Å². The molecule has 0 aliphatic carbocycles. The summed E-state index contributed by atoms with van der Waals surface area (Å²) in [5.74, 6) is -0.214. The molecule has 1 aliphatic rings. The molecule has 16 heavy (non-hydrogen) atoms. The molecule has 0 atom stereocenters. The molecule has 0 spiro atoms. The maximum atomic E-state index is 13.3. The molecule has 0 unspecified atom stereocenters. The van der Waals surface area contributed by atoms with Gasteiger partial charge in [-0.2, -0.15) is 0 Å². The normalized spacial score (nSPS) is 18.0. The summed E-state index contributed by atoms with van der Waals surface area (Å²) < 4.78 is 25.5. The molecule has 1 aromatic carbocycles. The van der Waals surface area contributed by atoms with Crippen LogP contribution < -0.4 is 3.58 Å². The molecule has 1 heterocycles. The van der Waals surface area contributed by atoms with Crippen molar-refractivity contribution in [3.05, 3.63) is 29.6 Å². The Labute approximate surface area is 99.6 Å². The zero-order valence-corrected chi connectivity index (χ0v) is 12.8. The Morgan fingerprint density at radius 3 is 2.38 bits per heavy atom. The van der Waals surface area contributed by atoms with E-state index in [0.29, 0.717) is 13.2 Å². The second-order valence-electron chi connectivity index (χ2n) is 5.06. The number of halogens is 1. The Hall–Kier alpha value is -0.131. The van der Waals surface area contributed by atoms with Crippen LogP contribution in [-0.2, 0) is 9.47 Å². The van der Waals surface area contributed by atoms with E-state index in [1.807, 2.05) is 6.07 Å². The molecule has 1 fully saturated rings. The third-order valence-electron chi connectivity index (χ3n) is 2.70. The quantitative estimate of drug-likeness (QED) is 0.775. The van der Waals surface area contributed by atoms with Gasteiger partial charge in [0.05, 0.1) is 0 Å². The summed E-state index contributed by atoms with van der Waals surface area (Å²) >= 11 is -2.24. The van der Waals surface area contributed by atoms with Gasteiger partial charge in [-0.25, -0.2) is 0 Å². The Kier molecular flexibility index (Phi) is 3.56. The number of rotatable bonds is 2. The van der Waals surface area contributed by atoms with Gasteiger partial charge in [-0.3, -0.25) is 0 Å². The summed E-state index contributed by atoms with van der Waals surface area (Å²) in [4.78, 5) is 6.92. The predicted octanol–water partition coefficient (Wildman–Crippen LogP) is 2.42. The predicted molar refractivity (Wildman–Crippen MR) is 64.0 cm³/mol. The van der Waals surface area contributed by atoms with Gasteiger partial charge in [0.15, 0.2) is 0 Å². The molecule has 2 nitrogen and oxygen atoms in total. The monoisotopic (exact) mass is 332 g/mol. The van der Waals surface area contributed by atoms with Crippen molar-refractivity contribution < 1.29 is 13.9 Å². The average molecular weight is 331 g/mol. The van der Waals surface area contributed by atoms with Crippen molar-refractivity contribution >= 4 is 22.0 Å². The van der Waals surface area contributed by atoms with Crippen LogP contribution in [-0.4, -0.2) is 31.6 Å². The Morgan fingerprint density at radius 2 is 1.81 bits per heavy atom. The van der Waals surface area contributed by atoms with E-state index in [2.05, 4.69) is 14.8 Å². The van der Waals surface area contributed by atoms with Gasteiger partial charge in [-0.15, -0.1) is 0 Å². The van der Waals surface area contributed by atoms with Crippen LogP contribution in [0.2, 0.25) is 14.8 Å². The molecule has 4 heteroatoms. The minimum atomic E-state index is -2.24. The van der Waals surface area contributed by atoms with E-state index in [4.69, 9.17) is 9.47 Å². The van der Waals surface area contributed by atoms with Crippen LogP contribution in [0.15, 0.2) is 18.2 Å². The first-order valence-corrected chi connectivity index (χ1v) is 15.5. The fourth-order valence-electron chi connectivity index (χ4n) is 1.95.